The molecule has 0 aliphatic heterocycles. The van der Waals surface area contributed by atoms with Gasteiger partial charge in [-0.05, 0) is 61.1 Å². The molecular weight excluding hydrogens is 230 g/mol. The minimum atomic E-state index is 0.275. The van der Waals surface area contributed by atoms with Gasteiger partial charge in [0.25, 0.3) is 0 Å². The summed E-state index contributed by atoms with van der Waals surface area (Å²) in [5.74, 6) is 0.694. The molecule has 0 saturated carbocycles. The van der Waals surface area contributed by atoms with Crippen molar-refractivity contribution in [2.75, 3.05) is 0 Å². The summed E-state index contributed by atoms with van der Waals surface area (Å²) in [6.07, 6.45) is 3.37. The summed E-state index contributed by atoms with van der Waals surface area (Å²) < 4.78 is 0. The zero-order valence-electron chi connectivity index (χ0n) is 13.6. The molecule has 1 nitrogen and oxygen atoms in total. The Balaban J connectivity index is 2.58. The second-order valence-corrected chi connectivity index (χ2v) is 7.44. The van der Waals surface area contributed by atoms with Crippen LogP contribution in [-0.2, 0) is 6.42 Å². The van der Waals surface area contributed by atoms with Crippen molar-refractivity contribution < 1.29 is 0 Å². The van der Waals surface area contributed by atoms with Gasteiger partial charge in [0, 0.05) is 6.04 Å². The Morgan fingerprint density at radius 3 is 2.11 bits per heavy atom. The van der Waals surface area contributed by atoms with Crippen molar-refractivity contribution in [3.63, 3.8) is 0 Å². The first kappa shape index (κ1) is 16.2. The molecule has 1 aromatic carbocycles. The summed E-state index contributed by atoms with van der Waals surface area (Å²) in [6.45, 7) is 13.6. The average Bonchev–Trinajstić information content (AvgIpc) is 2.20. The van der Waals surface area contributed by atoms with Crippen LogP contribution < -0.4 is 5.73 Å². The fourth-order valence-corrected chi connectivity index (χ4v) is 3.16. The lowest BCUT2D eigenvalue weighted by Crippen LogP contribution is -2.27. The molecule has 0 spiro atoms. The molecule has 0 fully saturated rings. The topological polar surface area (TPSA) is 26.0 Å². The molecule has 1 aromatic rings. The quantitative estimate of drug-likeness (QED) is 0.821. The number of hydrogen-bond donors (Lipinski definition) is 1. The van der Waals surface area contributed by atoms with E-state index in [1.54, 1.807) is 0 Å². The minimum absolute atomic E-state index is 0.275. The summed E-state index contributed by atoms with van der Waals surface area (Å²) in [6, 6.07) is 6.78. The molecule has 2 N–H and O–H groups in total. The predicted molar refractivity (Wildman–Crippen MR) is 85.4 cm³/mol. The first-order valence-corrected chi connectivity index (χ1v) is 7.49. The van der Waals surface area contributed by atoms with E-state index < -0.39 is 0 Å². The Kier molecular flexibility index (Phi) is 5.61. The monoisotopic (exact) mass is 261 g/mol. The standard InChI is InChI=1S/C18H31N/c1-13(12-18(4,5)6)10-16(19)11-17-14(2)8-7-9-15(17)3/h7-9,13,16H,10-12,19H2,1-6H3. The van der Waals surface area contributed by atoms with Gasteiger partial charge in [-0.2, -0.15) is 0 Å². The van der Waals surface area contributed by atoms with Crippen LogP contribution in [0, 0.1) is 25.2 Å². The fourth-order valence-electron chi connectivity index (χ4n) is 3.16. The van der Waals surface area contributed by atoms with Crippen molar-refractivity contribution in [2.45, 2.75) is 66.8 Å². The molecule has 19 heavy (non-hydrogen) atoms. The Hall–Kier alpha value is -0.820. The van der Waals surface area contributed by atoms with Crippen LogP contribution >= 0.6 is 0 Å². The van der Waals surface area contributed by atoms with Crippen molar-refractivity contribution in [1.82, 2.24) is 0 Å². The van der Waals surface area contributed by atoms with Crippen LogP contribution in [0.25, 0.3) is 0 Å². The number of aryl methyl sites for hydroxylation is 2. The molecule has 1 heteroatoms. The third-order valence-electron chi connectivity index (χ3n) is 3.78. The van der Waals surface area contributed by atoms with Crippen molar-refractivity contribution in [3.05, 3.63) is 34.9 Å². The lowest BCUT2D eigenvalue weighted by molar-refractivity contribution is 0.285. The van der Waals surface area contributed by atoms with Crippen molar-refractivity contribution in [1.29, 1.82) is 0 Å². The van der Waals surface area contributed by atoms with Crippen LogP contribution in [0.3, 0.4) is 0 Å². The zero-order chi connectivity index (χ0) is 14.6. The van der Waals surface area contributed by atoms with Gasteiger partial charge in [-0.25, -0.2) is 0 Å². The van der Waals surface area contributed by atoms with E-state index in [9.17, 15) is 0 Å². The average molecular weight is 261 g/mol. The van der Waals surface area contributed by atoms with E-state index in [1.165, 1.54) is 23.1 Å². The third kappa shape index (κ3) is 5.78. The summed E-state index contributed by atoms with van der Waals surface area (Å²) in [7, 11) is 0. The van der Waals surface area contributed by atoms with Gasteiger partial charge in [0.15, 0.2) is 0 Å². The van der Waals surface area contributed by atoms with Gasteiger partial charge in [0.05, 0.1) is 0 Å². The molecule has 0 radical (unpaired) electrons. The Morgan fingerprint density at radius 2 is 1.63 bits per heavy atom. The van der Waals surface area contributed by atoms with Crippen molar-refractivity contribution in [3.8, 4) is 0 Å². The van der Waals surface area contributed by atoms with Crippen LogP contribution in [0.1, 0.15) is 57.2 Å². The highest BCUT2D eigenvalue weighted by Gasteiger charge is 2.18. The lowest BCUT2D eigenvalue weighted by atomic mass is 9.82. The molecule has 0 aliphatic rings. The van der Waals surface area contributed by atoms with Crippen LogP contribution in [0.5, 0.6) is 0 Å². The smallest absolute Gasteiger partial charge is 0.00820 e. The Bertz CT molecular complexity index is 380. The zero-order valence-corrected chi connectivity index (χ0v) is 13.6. The van der Waals surface area contributed by atoms with E-state index in [4.69, 9.17) is 5.73 Å². The summed E-state index contributed by atoms with van der Waals surface area (Å²) in [5, 5.41) is 0. The molecule has 0 saturated heterocycles. The first-order valence-electron chi connectivity index (χ1n) is 7.49. The Morgan fingerprint density at radius 1 is 1.11 bits per heavy atom. The van der Waals surface area contributed by atoms with Gasteiger partial charge in [-0.1, -0.05) is 45.9 Å². The summed E-state index contributed by atoms with van der Waals surface area (Å²) in [4.78, 5) is 0. The summed E-state index contributed by atoms with van der Waals surface area (Å²) >= 11 is 0. The molecule has 1 rings (SSSR count). The molecular formula is C18H31N. The molecule has 108 valence electrons. The predicted octanol–water partition coefficient (Wildman–Crippen LogP) is 4.64. The van der Waals surface area contributed by atoms with E-state index in [2.05, 4.69) is 59.7 Å². The van der Waals surface area contributed by atoms with Crippen LogP contribution in [0.4, 0.5) is 0 Å². The highest BCUT2D eigenvalue weighted by Crippen LogP contribution is 2.27. The highest BCUT2D eigenvalue weighted by atomic mass is 14.6. The molecule has 2 unspecified atom stereocenters. The van der Waals surface area contributed by atoms with Gasteiger partial charge in [0.1, 0.15) is 0 Å². The number of hydrogen-bond acceptors (Lipinski definition) is 1. The van der Waals surface area contributed by atoms with E-state index in [0.29, 0.717) is 11.3 Å². The maximum absolute atomic E-state index is 6.36. The van der Waals surface area contributed by atoms with Crippen LogP contribution in [0.2, 0.25) is 0 Å². The molecule has 0 heterocycles. The molecule has 0 aromatic heterocycles. The van der Waals surface area contributed by atoms with Gasteiger partial charge in [-0.15, -0.1) is 0 Å². The van der Waals surface area contributed by atoms with Gasteiger partial charge < -0.3 is 5.73 Å². The lowest BCUT2D eigenvalue weighted by Gasteiger charge is -2.25. The minimum Gasteiger partial charge on any atom is -0.327 e. The molecule has 0 amide bonds. The van der Waals surface area contributed by atoms with Gasteiger partial charge in [0.2, 0.25) is 0 Å². The largest absolute Gasteiger partial charge is 0.327 e. The van der Waals surface area contributed by atoms with Crippen LogP contribution in [-0.4, -0.2) is 6.04 Å². The van der Waals surface area contributed by atoms with Crippen LogP contribution in [0.15, 0.2) is 18.2 Å². The fraction of sp³-hybridized carbons (Fsp3) is 0.667. The Labute approximate surface area is 119 Å². The molecule has 0 bridgehead atoms. The summed E-state index contributed by atoms with van der Waals surface area (Å²) in [5.41, 5.74) is 11.0. The third-order valence-corrected chi connectivity index (χ3v) is 3.78. The van der Waals surface area contributed by atoms with Gasteiger partial charge >= 0.3 is 0 Å². The van der Waals surface area contributed by atoms with E-state index in [-0.39, 0.29) is 6.04 Å². The van der Waals surface area contributed by atoms with E-state index in [1.807, 2.05) is 0 Å². The number of nitrogens with two attached hydrogens (primary N) is 1. The van der Waals surface area contributed by atoms with Crippen molar-refractivity contribution >= 4 is 0 Å². The normalized spacial score (nSPS) is 15.3. The molecule has 2 atom stereocenters. The second-order valence-electron chi connectivity index (χ2n) is 7.44. The number of benzene rings is 1. The van der Waals surface area contributed by atoms with Crippen molar-refractivity contribution in [2.24, 2.45) is 17.1 Å². The second kappa shape index (κ2) is 6.56. The maximum atomic E-state index is 6.36. The maximum Gasteiger partial charge on any atom is 0.00820 e. The van der Waals surface area contributed by atoms with Gasteiger partial charge in [-0.3, -0.25) is 0 Å². The SMILES string of the molecule is Cc1cccc(C)c1CC(N)CC(C)CC(C)(C)C. The number of rotatable bonds is 5. The first-order chi connectivity index (χ1) is 8.69. The molecule has 0 aliphatic carbocycles. The highest BCUT2D eigenvalue weighted by molar-refractivity contribution is 5.34. The van der Waals surface area contributed by atoms with E-state index >= 15 is 0 Å². The van der Waals surface area contributed by atoms with E-state index in [0.717, 1.165) is 12.8 Å².